The number of hydrogen-bond acceptors (Lipinski definition) is 3. The molecular formula is C24H28FNO4. The van der Waals surface area contributed by atoms with Crippen LogP contribution in [0.3, 0.4) is 0 Å². The summed E-state index contributed by atoms with van der Waals surface area (Å²) in [7, 11) is 0. The maximum absolute atomic E-state index is 15.0. The second-order valence-electron chi connectivity index (χ2n) is 10.4. The van der Waals surface area contributed by atoms with E-state index in [0.29, 0.717) is 37.7 Å². The number of carbonyl (C=O) groups is 2. The highest BCUT2D eigenvalue weighted by Crippen LogP contribution is 2.70. The molecule has 5 aliphatic carbocycles. The van der Waals surface area contributed by atoms with Gasteiger partial charge < -0.3 is 14.7 Å². The number of carboxylic acids is 1. The van der Waals surface area contributed by atoms with Gasteiger partial charge in [0.05, 0.1) is 12.2 Å². The van der Waals surface area contributed by atoms with E-state index in [1.807, 2.05) is 0 Å². The number of halogens is 1. The van der Waals surface area contributed by atoms with Crippen molar-refractivity contribution in [1.29, 1.82) is 0 Å². The van der Waals surface area contributed by atoms with Crippen LogP contribution in [0.1, 0.15) is 73.2 Å². The lowest BCUT2D eigenvalue weighted by atomic mass is 9.82. The Hall–Kier alpha value is -2.11. The molecule has 1 aromatic carbocycles. The van der Waals surface area contributed by atoms with E-state index in [2.05, 4.69) is 0 Å². The number of ether oxygens (including phenoxy) is 1. The number of rotatable bonds is 6. The van der Waals surface area contributed by atoms with Crippen molar-refractivity contribution in [2.75, 3.05) is 13.2 Å². The maximum atomic E-state index is 15.0. The quantitative estimate of drug-likeness (QED) is 0.759. The van der Waals surface area contributed by atoms with Crippen LogP contribution in [0.2, 0.25) is 0 Å². The lowest BCUT2D eigenvalue weighted by Crippen LogP contribution is -2.40. The molecule has 4 bridgehead atoms. The van der Waals surface area contributed by atoms with Crippen LogP contribution in [-0.2, 0) is 4.79 Å². The molecular weight excluding hydrogens is 385 g/mol. The number of amides is 1. The summed E-state index contributed by atoms with van der Waals surface area (Å²) >= 11 is 0. The third kappa shape index (κ3) is 2.71. The second-order valence-corrected chi connectivity index (χ2v) is 10.4. The van der Waals surface area contributed by atoms with Gasteiger partial charge in [0.15, 0.2) is 0 Å². The number of carboxylic acid groups (broad SMARTS) is 1. The Labute approximate surface area is 175 Å². The molecule has 5 nitrogen and oxygen atoms in total. The smallest absolute Gasteiger partial charge is 0.326 e. The van der Waals surface area contributed by atoms with E-state index < -0.39 is 23.7 Å². The molecule has 0 aromatic heterocycles. The first-order valence-corrected chi connectivity index (χ1v) is 11.5. The van der Waals surface area contributed by atoms with Gasteiger partial charge in [-0.05, 0) is 86.7 Å². The number of nitrogens with zero attached hydrogens (tertiary/aromatic N) is 1. The van der Waals surface area contributed by atoms with E-state index in [9.17, 15) is 14.7 Å². The topological polar surface area (TPSA) is 66.8 Å². The first-order valence-electron chi connectivity index (χ1n) is 11.5. The number of likely N-dealkylation sites (tertiary alicyclic amines) is 1. The molecule has 160 valence electrons. The molecule has 1 aliphatic heterocycles. The lowest BCUT2D eigenvalue weighted by Gasteiger charge is -2.29. The van der Waals surface area contributed by atoms with E-state index in [-0.39, 0.29) is 11.0 Å². The summed E-state index contributed by atoms with van der Waals surface area (Å²) in [6.07, 6.45) is 8.29. The van der Waals surface area contributed by atoms with Gasteiger partial charge in [-0.15, -0.1) is 0 Å². The fraction of sp³-hybridized carbons (Fsp3) is 0.667. The number of aliphatic carboxylic acids is 1. The van der Waals surface area contributed by atoms with Gasteiger partial charge in [0.25, 0.3) is 5.91 Å². The Balaban J connectivity index is 1.26. The second kappa shape index (κ2) is 6.44. The molecule has 0 spiro atoms. The summed E-state index contributed by atoms with van der Waals surface area (Å²) in [6, 6.07) is 2.17. The van der Waals surface area contributed by atoms with Crippen molar-refractivity contribution in [2.45, 2.75) is 63.3 Å². The van der Waals surface area contributed by atoms with Crippen LogP contribution in [0.4, 0.5) is 4.39 Å². The molecule has 6 fully saturated rings. The van der Waals surface area contributed by atoms with Gasteiger partial charge in [0, 0.05) is 18.0 Å². The van der Waals surface area contributed by atoms with Gasteiger partial charge in [-0.1, -0.05) is 0 Å². The Morgan fingerprint density at radius 2 is 1.90 bits per heavy atom. The van der Waals surface area contributed by atoms with E-state index >= 15 is 4.39 Å². The number of benzene rings is 1. The predicted molar refractivity (Wildman–Crippen MR) is 107 cm³/mol. The highest BCUT2D eigenvalue weighted by molar-refractivity contribution is 5.97. The van der Waals surface area contributed by atoms with E-state index in [1.165, 1.54) is 36.6 Å². The largest absolute Gasteiger partial charge is 0.493 e. The Morgan fingerprint density at radius 1 is 1.17 bits per heavy atom. The average molecular weight is 413 g/mol. The van der Waals surface area contributed by atoms with Crippen molar-refractivity contribution in [3.63, 3.8) is 0 Å². The minimum atomic E-state index is -1.02. The standard InChI is InChI=1S/C24H28FNO4/c25-19-9-21(30-12-24-10-14-6-16(24)7-15(14)11-24)17(13-3-4-13)8-18(19)22(27)26-5-1-2-20(26)23(28)29/h8-9,13-16,20H,1-7,10-12H2,(H,28,29)/t14?,15?,16?,20-,24?/m0/s1. The number of carbonyl (C=O) groups excluding carboxylic acids is 1. The first-order chi connectivity index (χ1) is 14.4. The fourth-order valence-electron chi connectivity index (χ4n) is 7.13. The Kier molecular flexibility index (Phi) is 4.00. The molecule has 2 unspecified atom stereocenters. The van der Waals surface area contributed by atoms with Gasteiger partial charge in [0.1, 0.15) is 17.6 Å². The van der Waals surface area contributed by atoms with Crippen LogP contribution in [0.15, 0.2) is 12.1 Å². The molecule has 5 saturated carbocycles. The summed E-state index contributed by atoms with van der Waals surface area (Å²) in [6.45, 7) is 1.02. The Morgan fingerprint density at radius 3 is 2.50 bits per heavy atom. The molecule has 30 heavy (non-hydrogen) atoms. The third-order valence-corrected chi connectivity index (χ3v) is 8.71. The van der Waals surface area contributed by atoms with Crippen molar-refractivity contribution < 1.29 is 23.8 Å². The molecule has 7 rings (SSSR count). The summed E-state index contributed by atoms with van der Waals surface area (Å²) in [5.74, 6) is 1.28. The normalized spacial score (nSPS) is 36.1. The molecule has 6 heteroatoms. The molecule has 1 amide bonds. The van der Waals surface area contributed by atoms with Crippen LogP contribution in [0.5, 0.6) is 5.75 Å². The summed E-state index contributed by atoms with van der Waals surface area (Å²) in [5.41, 5.74) is 1.19. The zero-order chi connectivity index (χ0) is 20.6. The van der Waals surface area contributed by atoms with Crippen molar-refractivity contribution in [3.8, 4) is 5.75 Å². The molecule has 0 radical (unpaired) electrons. The summed E-state index contributed by atoms with van der Waals surface area (Å²) < 4.78 is 21.3. The average Bonchev–Trinajstić information content (AvgIpc) is 3.09. The SMILES string of the molecule is O=C(O)[C@@H]1CCCN1C(=O)c1cc(C2CC2)c(OCC23CC4CC2CC4C3)cc1F. The highest BCUT2D eigenvalue weighted by atomic mass is 19.1. The molecule has 3 atom stereocenters. The van der Waals surface area contributed by atoms with Crippen molar-refractivity contribution >= 4 is 11.9 Å². The van der Waals surface area contributed by atoms with Gasteiger partial charge >= 0.3 is 5.97 Å². The lowest BCUT2D eigenvalue weighted by molar-refractivity contribution is -0.141. The minimum Gasteiger partial charge on any atom is -0.493 e. The van der Waals surface area contributed by atoms with E-state index in [4.69, 9.17) is 4.74 Å². The molecule has 1 heterocycles. The fourth-order valence-corrected chi connectivity index (χ4v) is 7.13. The van der Waals surface area contributed by atoms with Crippen LogP contribution in [0, 0.1) is 29.0 Å². The zero-order valence-electron chi connectivity index (χ0n) is 17.1. The zero-order valence-corrected chi connectivity index (χ0v) is 17.1. The molecule has 1 N–H and O–H groups in total. The molecule has 1 saturated heterocycles. The number of hydrogen-bond donors (Lipinski definition) is 1. The van der Waals surface area contributed by atoms with E-state index in [1.54, 1.807) is 6.07 Å². The summed E-state index contributed by atoms with van der Waals surface area (Å²) in [5, 5.41) is 9.39. The van der Waals surface area contributed by atoms with Crippen molar-refractivity contribution in [3.05, 3.63) is 29.1 Å². The van der Waals surface area contributed by atoms with Gasteiger partial charge in [0.2, 0.25) is 0 Å². The Bertz CT molecular complexity index is 912. The van der Waals surface area contributed by atoms with Crippen LogP contribution in [-0.4, -0.2) is 41.1 Å². The predicted octanol–water partition coefficient (Wildman–Crippen LogP) is 4.21. The summed E-state index contributed by atoms with van der Waals surface area (Å²) in [4.78, 5) is 25.8. The van der Waals surface area contributed by atoms with Crippen LogP contribution < -0.4 is 4.74 Å². The van der Waals surface area contributed by atoms with Crippen LogP contribution >= 0.6 is 0 Å². The van der Waals surface area contributed by atoms with Crippen molar-refractivity contribution in [2.24, 2.45) is 23.2 Å². The van der Waals surface area contributed by atoms with E-state index in [0.717, 1.165) is 36.2 Å². The molecule has 1 aromatic rings. The highest BCUT2D eigenvalue weighted by Gasteiger charge is 2.63. The van der Waals surface area contributed by atoms with Gasteiger partial charge in [-0.3, -0.25) is 4.79 Å². The van der Waals surface area contributed by atoms with Gasteiger partial charge in [-0.2, -0.15) is 0 Å². The maximum Gasteiger partial charge on any atom is 0.326 e. The monoisotopic (exact) mass is 413 g/mol. The van der Waals surface area contributed by atoms with Crippen molar-refractivity contribution in [1.82, 2.24) is 4.90 Å². The first kappa shape index (κ1) is 18.6. The van der Waals surface area contributed by atoms with Crippen LogP contribution in [0.25, 0.3) is 0 Å². The van der Waals surface area contributed by atoms with Gasteiger partial charge in [-0.25, -0.2) is 9.18 Å². The third-order valence-electron chi connectivity index (χ3n) is 8.71. The minimum absolute atomic E-state index is 0.0142. The molecule has 6 aliphatic rings.